The summed E-state index contributed by atoms with van der Waals surface area (Å²) in [5.41, 5.74) is 7.55. The van der Waals surface area contributed by atoms with Crippen LogP contribution in [0.5, 0.6) is 0 Å². The molecular weight excluding hydrogens is 251 g/mol. The number of aryl methyl sites for hydroxylation is 1. The lowest BCUT2D eigenvalue weighted by molar-refractivity contribution is -0.108. The van der Waals surface area contributed by atoms with Gasteiger partial charge in [-0.15, -0.1) is 0 Å². The largest absolute Gasteiger partial charge is 0.375 e. The molecule has 0 bridgehead atoms. The monoisotopic (exact) mass is 264 g/mol. The van der Waals surface area contributed by atoms with Crippen LogP contribution in [0.25, 0.3) is 10.4 Å². The van der Waals surface area contributed by atoms with E-state index in [1.807, 2.05) is 6.92 Å². The topological polar surface area (TPSA) is 56.0 Å². The fraction of sp³-hybridized carbons (Fsp3) is 0.231. The van der Waals surface area contributed by atoms with Gasteiger partial charge < -0.3 is 10.5 Å². The van der Waals surface area contributed by atoms with E-state index in [-0.39, 0.29) is 5.82 Å². The number of nitrogen functional groups attached to an aromatic ring is 1. The molecule has 3 nitrogen and oxygen atoms in total. The van der Waals surface area contributed by atoms with Crippen molar-refractivity contribution in [2.45, 2.75) is 19.8 Å². The van der Waals surface area contributed by atoms with Crippen molar-refractivity contribution >= 4 is 22.8 Å². The second-order valence-corrected chi connectivity index (χ2v) is 5.16. The third-order valence-corrected chi connectivity index (χ3v) is 3.81. The maximum Gasteiger partial charge on any atom is 0.180 e. The number of carbonyl (C=O) groups excluding carboxylic acids is 1. The van der Waals surface area contributed by atoms with Crippen molar-refractivity contribution in [2.24, 2.45) is 0 Å². The van der Waals surface area contributed by atoms with E-state index < -0.39 is 5.92 Å². The van der Waals surface area contributed by atoms with E-state index >= 15 is 0 Å². The van der Waals surface area contributed by atoms with E-state index in [9.17, 15) is 9.18 Å². The van der Waals surface area contributed by atoms with Crippen LogP contribution < -0.4 is 5.73 Å². The summed E-state index contributed by atoms with van der Waals surface area (Å²) in [6.45, 7) is 3.50. The molecule has 2 rings (SSSR count). The fourth-order valence-electron chi connectivity index (χ4n) is 1.80. The summed E-state index contributed by atoms with van der Waals surface area (Å²) in [5.74, 6) is -0.815. The zero-order chi connectivity index (χ0) is 13.3. The molecule has 0 saturated heterocycles. The minimum Gasteiger partial charge on any atom is -0.375 e. The van der Waals surface area contributed by atoms with Gasteiger partial charge in [0.15, 0.2) is 5.13 Å². The van der Waals surface area contributed by atoms with E-state index in [1.165, 1.54) is 17.4 Å². The summed E-state index contributed by atoms with van der Waals surface area (Å²) in [4.78, 5) is 15.6. The van der Waals surface area contributed by atoms with Crippen molar-refractivity contribution in [1.82, 2.24) is 4.98 Å². The second-order valence-electron chi connectivity index (χ2n) is 4.13. The molecule has 1 unspecified atom stereocenters. The van der Waals surface area contributed by atoms with Crippen molar-refractivity contribution in [2.75, 3.05) is 5.73 Å². The number of halogens is 1. The van der Waals surface area contributed by atoms with Crippen LogP contribution in [0.15, 0.2) is 18.2 Å². The Morgan fingerprint density at radius 1 is 1.50 bits per heavy atom. The smallest absolute Gasteiger partial charge is 0.180 e. The van der Waals surface area contributed by atoms with Crippen LogP contribution in [-0.2, 0) is 4.79 Å². The predicted octanol–water partition coefficient (Wildman–Crippen LogP) is 3.14. The lowest BCUT2D eigenvalue weighted by Gasteiger charge is -2.07. The van der Waals surface area contributed by atoms with Gasteiger partial charge in [0.1, 0.15) is 12.1 Å². The van der Waals surface area contributed by atoms with Crippen LogP contribution in [0.2, 0.25) is 0 Å². The fourth-order valence-corrected chi connectivity index (χ4v) is 2.63. The molecule has 0 amide bonds. The molecular formula is C13H13FN2OS. The first-order chi connectivity index (χ1) is 8.52. The highest BCUT2D eigenvalue weighted by atomic mass is 32.1. The molecule has 0 fully saturated rings. The number of hydrogen-bond donors (Lipinski definition) is 1. The first-order valence-corrected chi connectivity index (χ1v) is 6.32. The van der Waals surface area contributed by atoms with E-state index in [4.69, 9.17) is 5.73 Å². The predicted molar refractivity (Wildman–Crippen MR) is 71.1 cm³/mol. The van der Waals surface area contributed by atoms with Gasteiger partial charge in [0.25, 0.3) is 0 Å². The Kier molecular flexibility index (Phi) is 3.43. The van der Waals surface area contributed by atoms with Crippen LogP contribution >= 0.6 is 11.3 Å². The van der Waals surface area contributed by atoms with Gasteiger partial charge in [0, 0.05) is 5.92 Å². The summed E-state index contributed by atoms with van der Waals surface area (Å²) in [6, 6.07) is 4.85. The average Bonchev–Trinajstić information content (AvgIpc) is 2.67. The number of hydrogen-bond acceptors (Lipinski definition) is 4. The number of aldehydes is 1. The van der Waals surface area contributed by atoms with Crippen molar-refractivity contribution in [3.8, 4) is 10.4 Å². The van der Waals surface area contributed by atoms with Crippen molar-refractivity contribution in [1.29, 1.82) is 0 Å². The summed E-state index contributed by atoms with van der Waals surface area (Å²) >= 11 is 1.33. The summed E-state index contributed by atoms with van der Waals surface area (Å²) in [6.07, 6.45) is 0.730. The number of nitrogens with two attached hydrogens (primary N) is 1. The highest BCUT2D eigenvalue weighted by molar-refractivity contribution is 7.18. The molecule has 1 aromatic heterocycles. The van der Waals surface area contributed by atoms with Gasteiger partial charge in [0.2, 0.25) is 0 Å². The Labute approximate surface area is 108 Å². The molecule has 0 aliphatic rings. The number of anilines is 1. The normalized spacial score (nSPS) is 12.4. The first-order valence-electron chi connectivity index (χ1n) is 5.51. The molecule has 1 aromatic carbocycles. The van der Waals surface area contributed by atoms with Gasteiger partial charge in [-0.2, -0.15) is 0 Å². The Morgan fingerprint density at radius 3 is 2.72 bits per heavy atom. The van der Waals surface area contributed by atoms with Crippen LogP contribution in [0, 0.1) is 12.7 Å². The highest BCUT2D eigenvalue weighted by Crippen LogP contribution is 2.32. The van der Waals surface area contributed by atoms with Crippen LogP contribution in [0.3, 0.4) is 0 Å². The summed E-state index contributed by atoms with van der Waals surface area (Å²) < 4.78 is 13.9. The highest BCUT2D eigenvalue weighted by Gasteiger charge is 2.13. The van der Waals surface area contributed by atoms with Crippen LogP contribution in [-0.4, -0.2) is 11.3 Å². The second kappa shape index (κ2) is 4.86. The quantitative estimate of drug-likeness (QED) is 0.866. The van der Waals surface area contributed by atoms with Gasteiger partial charge in [-0.1, -0.05) is 30.4 Å². The zero-order valence-electron chi connectivity index (χ0n) is 10.1. The van der Waals surface area contributed by atoms with Gasteiger partial charge in [0.05, 0.1) is 10.6 Å². The average molecular weight is 264 g/mol. The van der Waals surface area contributed by atoms with Gasteiger partial charge >= 0.3 is 0 Å². The molecule has 1 atom stereocenters. The first kappa shape index (κ1) is 12.7. The Balaban J connectivity index is 2.46. The minimum absolute atomic E-state index is 0.376. The van der Waals surface area contributed by atoms with Crippen molar-refractivity contribution < 1.29 is 9.18 Å². The lowest BCUT2D eigenvalue weighted by atomic mass is 10.00. The number of rotatable bonds is 3. The third-order valence-electron chi connectivity index (χ3n) is 2.77. The van der Waals surface area contributed by atoms with E-state index in [0.717, 1.165) is 22.4 Å². The Bertz CT molecular complexity index is 595. The molecule has 0 spiro atoms. The molecule has 0 saturated carbocycles. The molecule has 1 heterocycles. The molecule has 0 aliphatic carbocycles. The number of thiazole rings is 1. The Morgan fingerprint density at radius 2 is 2.22 bits per heavy atom. The van der Waals surface area contributed by atoms with Gasteiger partial charge in [-0.05, 0) is 24.1 Å². The molecule has 2 aromatic rings. The number of nitrogens with zero attached hydrogens (tertiary/aromatic N) is 1. The van der Waals surface area contributed by atoms with Crippen LogP contribution in [0.1, 0.15) is 24.1 Å². The molecule has 0 aliphatic heterocycles. The Hall–Kier alpha value is -1.75. The van der Waals surface area contributed by atoms with Crippen molar-refractivity contribution in [3.63, 3.8) is 0 Å². The maximum atomic E-state index is 13.9. The van der Waals surface area contributed by atoms with Crippen LogP contribution in [0.4, 0.5) is 9.52 Å². The van der Waals surface area contributed by atoms with Crippen molar-refractivity contribution in [3.05, 3.63) is 35.3 Å². The van der Waals surface area contributed by atoms with E-state index in [2.05, 4.69) is 4.98 Å². The van der Waals surface area contributed by atoms with Gasteiger partial charge in [-0.25, -0.2) is 9.37 Å². The van der Waals surface area contributed by atoms with E-state index in [1.54, 1.807) is 19.1 Å². The molecule has 94 valence electrons. The zero-order valence-corrected chi connectivity index (χ0v) is 10.9. The van der Waals surface area contributed by atoms with E-state index in [0.29, 0.717) is 10.7 Å². The third kappa shape index (κ3) is 2.26. The summed E-state index contributed by atoms with van der Waals surface area (Å²) in [7, 11) is 0. The summed E-state index contributed by atoms with van der Waals surface area (Å²) in [5, 5.41) is 0.466. The minimum atomic E-state index is -0.438. The lowest BCUT2D eigenvalue weighted by Crippen LogP contribution is -1.98. The van der Waals surface area contributed by atoms with Gasteiger partial charge in [-0.3, -0.25) is 0 Å². The number of carbonyl (C=O) groups is 1. The molecule has 5 heteroatoms. The maximum absolute atomic E-state index is 13.9. The SMILES string of the molecule is Cc1nc(N)sc1-c1ccc(C(C)C=O)c(F)c1. The molecule has 0 radical (unpaired) electrons. The standard InChI is InChI=1S/C13H13FN2OS/c1-7(6-17)10-4-3-9(5-11(10)14)12-8(2)16-13(15)18-12/h3-7H,1-2H3,(H2,15,16). The number of benzene rings is 1. The molecule has 2 N–H and O–H groups in total. The molecule has 18 heavy (non-hydrogen) atoms. The number of aromatic nitrogens is 1.